The quantitative estimate of drug-likeness (QED) is 0.659. The van der Waals surface area contributed by atoms with Gasteiger partial charge in [-0.1, -0.05) is 5.57 Å². The van der Waals surface area contributed by atoms with Gasteiger partial charge in [-0.05, 0) is 36.6 Å². The average Bonchev–Trinajstić information content (AvgIpc) is 3.43. The molecule has 7 heteroatoms. The van der Waals surface area contributed by atoms with Crippen LogP contribution in [0.15, 0.2) is 29.3 Å². The second-order valence-corrected chi connectivity index (χ2v) is 6.90. The number of allylic oxidation sites excluding steroid dienone is 1. The third-order valence-electron chi connectivity index (χ3n) is 5.15. The predicted octanol–water partition coefficient (Wildman–Crippen LogP) is 1.65. The Bertz CT molecular complexity index is 789. The van der Waals surface area contributed by atoms with Crippen molar-refractivity contribution in [3.05, 3.63) is 40.7 Å². The Labute approximate surface area is 151 Å². The normalized spacial score (nSPS) is 22.4. The van der Waals surface area contributed by atoms with Crippen LogP contribution in [-0.4, -0.2) is 56.2 Å². The molecule has 136 valence electrons. The molecular formula is C19H21FN4O2. The monoisotopic (exact) mass is 356 g/mol. The van der Waals surface area contributed by atoms with E-state index in [4.69, 9.17) is 10.00 Å². The number of carbonyl (C=O) groups is 1. The number of rotatable bonds is 3. The van der Waals surface area contributed by atoms with Crippen molar-refractivity contribution in [1.29, 1.82) is 5.26 Å². The van der Waals surface area contributed by atoms with Gasteiger partial charge in [-0.3, -0.25) is 4.79 Å². The number of anilines is 1. The third-order valence-corrected chi connectivity index (χ3v) is 5.15. The highest BCUT2D eigenvalue weighted by molar-refractivity contribution is 5.95. The summed E-state index contributed by atoms with van der Waals surface area (Å²) in [5.74, 6) is -0.702. The topological polar surface area (TPSA) is 68.6 Å². The number of hydrogen-bond acceptors (Lipinski definition) is 5. The molecule has 6 nitrogen and oxygen atoms in total. The molecule has 1 amide bonds. The van der Waals surface area contributed by atoms with Gasteiger partial charge in [0.1, 0.15) is 5.82 Å². The van der Waals surface area contributed by atoms with Crippen LogP contribution in [0.2, 0.25) is 0 Å². The molecule has 3 aliphatic rings. The van der Waals surface area contributed by atoms with Crippen LogP contribution in [0.5, 0.6) is 0 Å². The Morgan fingerprint density at radius 1 is 1.31 bits per heavy atom. The molecule has 2 heterocycles. The summed E-state index contributed by atoms with van der Waals surface area (Å²) in [5, 5.41) is 12.1. The zero-order valence-electron chi connectivity index (χ0n) is 14.5. The molecule has 2 aliphatic heterocycles. The van der Waals surface area contributed by atoms with E-state index >= 15 is 0 Å². The molecule has 26 heavy (non-hydrogen) atoms. The number of ether oxygens (including phenoxy) is 1. The number of benzene rings is 1. The number of carbonyl (C=O) groups excluding carboxylic acids is 1. The molecule has 4 rings (SSSR count). The number of morpholine rings is 1. The fourth-order valence-electron chi connectivity index (χ4n) is 3.61. The molecule has 0 bridgehead atoms. The SMILES string of the molecule is N#CN1CC(=C2CC2)[C@@H](NC(=O)c2ccc(N3CCOCC3)c(F)c2)C1. The van der Waals surface area contributed by atoms with Crippen LogP contribution in [0, 0.1) is 17.3 Å². The fraction of sp³-hybridized carbons (Fsp3) is 0.474. The molecule has 0 spiro atoms. The summed E-state index contributed by atoms with van der Waals surface area (Å²) in [4.78, 5) is 16.2. The Morgan fingerprint density at radius 2 is 2.08 bits per heavy atom. The number of halogens is 1. The molecule has 1 aromatic carbocycles. The molecule has 3 fully saturated rings. The van der Waals surface area contributed by atoms with E-state index < -0.39 is 5.82 Å². The van der Waals surface area contributed by atoms with Crippen molar-refractivity contribution in [1.82, 2.24) is 10.2 Å². The van der Waals surface area contributed by atoms with Crippen LogP contribution in [0.1, 0.15) is 23.2 Å². The van der Waals surface area contributed by atoms with Gasteiger partial charge < -0.3 is 19.9 Å². The number of nitrogens with one attached hydrogen (secondary N) is 1. The number of nitriles is 1. The van der Waals surface area contributed by atoms with Gasteiger partial charge in [0.05, 0.1) is 38.0 Å². The zero-order valence-corrected chi connectivity index (χ0v) is 14.5. The van der Waals surface area contributed by atoms with Crippen LogP contribution >= 0.6 is 0 Å². The van der Waals surface area contributed by atoms with Crippen LogP contribution in [0.3, 0.4) is 0 Å². The minimum absolute atomic E-state index is 0.165. The van der Waals surface area contributed by atoms with Gasteiger partial charge in [0.2, 0.25) is 0 Å². The maximum absolute atomic E-state index is 14.5. The Kier molecular flexibility index (Phi) is 4.51. The summed E-state index contributed by atoms with van der Waals surface area (Å²) >= 11 is 0. The molecule has 1 aliphatic carbocycles. The van der Waals surface area contributed by atoms with Gasteiger partial charge in [0, 0.05) is 18.7 Å². The zero-order chi connectivity index (χ0) is 18.1. The van der Waals surface area contributed by atoms with Crippen molar-refractivity contribution in [3.63, 3.8) is 0 Å². The van der Waals surface area contributed by atoms with Crippen LogP contribution in [0.4, 0.5) is 10.1 Å². The first-order valence-corrected chi connectivity index (χ1v) is 8.94. The van der Waals surface area contributed by atoms with Crippen LogP contribution in [-0.2, 0) is 4.74 Å². The van der Waals surface area contributed by atoms with Crippen molar-refractivity contribution in [2.24, 2.45) is 0 Å². The Morgan fingerprint density at radius 3 is 2.73 bits per heavy atom. The molecule has 0 aromatic heterocycles. The van der Waals surface area contributed by atoms with Crippen molar-refractivity contribution in [2.75, 3.05) is 44.3 Å². The number of likely N-dealkylation sites (tertiary alicyclic amines) is 1. The van der Waals surface area contributed by atoms with E-state index in [1.807, 2.05) is 4.90 Å². The first-order chi connectivity index (χ1) is 12.7. The molecule has 0 radical (unpaired) electrons. The molecular weight excluding hydrogens is 335 g/mol. The molecule has 1 atom stereocenters. The van der Waals surface area contributed by atoms with E-state index in [9.17, 15) is 9.18 Å². The highest BCUT2D eigenvalue weighted by Gasteiger charge is 2.33. The lowest BCUT2D eigenvalue weighted by Gasteiger charge is -2.29. The predicted molar refractivity (Wildman–Crippen MR) is 94.1 cm³/mol. The van der Waals surface area contributed by atoms with Crippen LogP contribution in [0.25, 0.3) is 0 Å². The Hall–Kier alpha value is -2.59. The Balaban J connectivity index is 1.47. The number of hydrogen-bond donors (Lipinski definition) is 1. The molecule has 1 N–H and O–H groups in total. The number of nitrogens with zero attached hydrogens (tertiary/aromatic N) is 3. The van der Waals surface area contributed by atoms with Crippen molar-refractivity contribution in [3.8, 4) is 6.19 Å². The van der Waals surface area contributed by atoms with Gasteiger partial charge in [-0.25, -0.2) is 4.39 Å². The summed E-state index contributed by atoms with van der Waals surface area (Å²) in [5.41, 5.74) is 3.28. The van der Waals surface area contributed by atoms with Gasteiger partial charge in [-0.15, -0.1) is 0 Å². The lowest BCUT2D eigenvalue weighted by molar-refractivity contribution is 0.0942. The molecule has 0 unspecified atom stereocenters. The average molecular weight is 356 g/mol. The summed E-state index contributed by atoms with van der Waals surface area (Å²) in [6.07, 6.45) is 4.24. The van der Waals surface area contributed by atoms with E-state index in [0.29, 0.717) is 50.6 Å². The van der Waals surface area contributed by atoms with Gasteiger partial charge in [-0.2, -0.15) is 5.26 Å². The first-order valence-electron chi connectivity index (χ1n) is 8.94. The minimum Gasteiger partial charge on any atom is -0.378 e. The summed E-state index contributed by atoms with van der Waals surface area (Å²) in [7, 11) is 0. The van der Waals surface area contributed by atoms with Crippen LogP contribution < -0.4 is 10.2 Å². The van der Waals surface area contributed by atoms with Crippen molar-refractivity contribution < 1.29 is 13.9 Å². The highest BCUT2D eigenvalue weighted by Crippen LogP contribution is 2.35. The smallest absolute Gasteiger partial charge is 0.251 e. The van der Waals surface area contributed by atoms with E-state index in [2.05, 4.69) is 11.5 Å². The fourth-order valence-corrected chi connectivity index (χ4v) is 3.61. The third kappa shape index (κ3) is 3.37. The van der Waals surface area contributed by atoms with Crippen molar-refractivity contribution in [2.45, 2.75) is 18.9 Å². The summed E-state index contributed by atoms with van der Waals surface area (Å²) in [6.45, 7) is 3.51. The first kappa shape index (κ1) is 16.9. The standard InChI is InChI=1S/C19H21FN4O2/c20-16-9-14(3-4-18(16)24-5-7-26-8-6-24)19(25)22-17-11-23(12-21)10-15(17)13-1-2-13/h3-4,9,17H,1-2,5-8,10-11H2,(H,22,25)/t17-/m0/s1. The largest absolute Gasteiger partial charge is 0.378 e. The summed E-state index contributed by atoms with van der Waals surface area (Å²) in [6, 6.07) is 4.44. The minimum atomic E-state index is -0.398. The summed E-state index contributed by atoms with van der Waals surface area (Å²) < 4.78 is 19.8. The lowest BCUT2D eigenvalue weighted by Crippen LogP contribution is -2.38. The van der Waals surface area contributed by atoms with E-state index in [-0.39, 0.29) is 11.9 Å². The van der Waals surface area contributed by atoms with E-state index in [1.165, 1.54) is 11.6 Å². The number of amides is 1. The lowest BCUT2D eigenvalue weighted by atomic mass is 10.1. The molecule has 1 saturated carbocycles. The molecule has 2 saturated heterocycles. The maximum Gasteiger partial charge on any atom is 0.251 e. The van der Waals surface area contributed by atoms with Gasteiger partial charge in [0.15, 0.2) is 6.19 Å². The van der Waals surface area contributed by atoms with E-state index in [1.54, 1.807) is 17.0 Å². The van der Waals surface area contributed by atoms with Gasteiger partial charge in [0.25, 0.3) is 5.91 Å². The second kappa shape index (κ2) is 6.96. The van der Waals surface area contributed by atoms with Gasteiger partial charge >= 0.3 is 0 Å². The molecule has 1 aromatic rings. The maximum atomic E-state index is 14.5. The van der Waals surface area contributed by atoms with E-state index in [0.717, 1.165) is 18.4 Å². The highest BCUT2D eigenvalue weighted by atomic mass is 19.1. The van der Waals surface area contributed by atoms with Crippen molar-refractivity contribution >= 4 is 11.6 Å². The second-order valence-electron chi connectivity index (χ2n) is 6.90.